The summed E-state index contributed by atoms with van der Waals surface area (Å²) in [6, 6.07) is 64.2. The summed E-state index contributed by atoms with van der Waals surface area (Å²) < 4.78 is 6.82. The summed E-state index contributed by atoms with van der Waals surface area (Å²) in [6.07, 6.45) is 0. The number of benzene rings is 11. The van der Waals surface area contributed by atoms with Crippen molar-refractivity contribution < 1.29 is 4.42 Å². The molecule has 0 spiro atoms. The lowest BCUT2D eigenvalue weighted by Gasteiger charge is -2.22. The lowest BCUT2D eigenvalue weighted by Crippen LogP contribution is -2.14. The van der Waals surface area contributed by atoms with Gasteiger partial charge in [0.25, 0.3) is 0 Å². The largest absolute Gasteiger partial charge is 0.456 e. The summed E-state index contributed by atoms with van der Waals surface area (Å²) in [7, 11) is 0. The minimum Gasteiger partial charge on any atom is -0.456 e. The van der Waals surface area contributed by atoms with Crippen LogP contribution in [0.1, 0.15) is 49.9 Å². The zero-order valence-corrected chi connectivity index (χ0v) is 34.6. The molecule has 2 aliphatic rings. The molecule has 61 heavy (non-hydrogen) atoms. The van der Waals surface area contributed by atoms with E-state index in [0.29, 0.717) is 0 Å². The lowest BCUT2D eigenvalue weighted by molar-refractivity contribution is 0.661. The summed E-state index contributed by atoms with van der Waals surface area (Å²) in [4.78, 5) is 0. The Balaban J connectivity index is 0.928. The van der Waals surface area contributed by atoms with Gasteiger partial charge in [0.15, 0.2) is 0 Å². The maximum absolute atomic E-state index is 6.82. The second kappa shape index (κ2) is 11.3. The highest BCUT2D eigenvalue weighted by Gasteiger charge is 2.38. The van der Waals surface area contributed by atoms with Crippen LogP contribution in [0.2, 0.25) is 0 Å². The van der Waals surface area contributed by atoms with Crippen LogP contribution in [-0.2, 0) is 10.8 Å². The minimum atomic E-state index is -0.0603. The molecule has 1 heterocycles. The standard InChI is InChI=1S/C60H40O/c1-59(2)48-25-19-36(29-46(48)56-41-11-7-5-9-33(41)17-27-50(56)59)37-15-23-44-52(31-37)61-53-32-39-16-22-43-40(21-13-35-14-24-45(58(44)53)55(39)54(35)43)38-20-26-49-47(30-38)57-42-12-8-6-10-34(42)18-28-51(57)60(49,3)4/h5-32H,1-4H3. The van der Waals surface area contributed by atoms with Crippen LogP contribution in [-0.4, -0.2) is 0 Å². The Labute approximate surface area is 353 Å². The predicted molar refractivity (Wildman–Crippen MR) is 258 cm³/mol. The number of hydrogen-bond acceptors (Lipinski definition) is 1. The molecule has 14 rings (SSSR count). The van der Waals surface area contributed by atoms with Gasteiger partial charge < -0.3 is 4.42 Å². The van der Waals surface area contributed by atoms with E-state index in [1.165, 1.54) is 126 Å². The van der Waals surface area contributed by atoms with E-state index >= 15 is 0 Å². The Morgan fingerprint density at radius 1 is 0.311 bits per heavy atom. The first-order chi connectivity index (χ1) is 29.7. The molecule has 0 atom stereocenters. The van der Waals surface area contributed by atoms with Gasteiger partial charge in [0, 0.05) is 21.6 Å². The predicted octanol–water partition coefficient (Wildman–Crippen LogP) is 16.7. The van der Waals surface area contributed by atoms with E-state index in [9.17, 15) is 0 Å². The van der Waals surface area contributed by atoms with Crippen LogP contribution in [0.15, 0.2) is 174 Å². The van der Waals surface area contributed by atoms with E-state index in [-0.39, 0.29) is 10.8 Å². The van der Waals surface area contributed by atoms with Gasteiger partial charge in [-0.1, -0.05) is 167 Å². The third-order valence-corrected chi connectivity index (χ3v) is 15.0. The molecule has 0 aliphatic heterocycles. The average molecular weight is 777 g/mol. The van der Waals surface area contributed by atoms with E-state index in [1.807, 2.05) is 0 Å². The molecule has 0 bridgehead atoms. The zero-order chi connectivity index (χ0) is 40.5. The molecule has 11 aromatic carbocycles. The Kier molecular flexibility index (Phi) is 6.24. The summed E-state index contributed by atoms with van der Waals surface area (Å²) in [5.41, 5.74) is 17.7. The number of fused-ring (bicyclic) bond motifs is 14. The van der Waals surface area contributed by atoms with Gasteiger partial charge in [-0.15, -0.1) is 0 Å². The van der Waals surface area contributed by atoms with Gasteiger partial charge in [-0.3, -0.25) is 0 Å². The molecule has 1 aromatic heterocycles. The molecule has 12 aromatic rings. The SMILES string of the molecule is CC1(C)c2ccc(-c3ccc4c(c3)oc3cc5ccc6c(-c7ccc8c(c7)-c7c(ccc9ccccc79)C8(C)C)ccc7ccc(c34)c5c76)cc2-c2c1ccc1ccccc21. The maximum atomic E-state index is 6.82. The molecule has 1 heteroatoms. The lowest BCUT2D eigenvalue weighted by atomic mass is 9.81. The van der Waals surface area contributed by atoms with Crippen molar-refractivity contribution in [1.29, 1.82) is 0 Å². The number of furan rings is 1. The van der Waals surface area contributed by atoms with Crippen LogP contribution in [0, 0.1) is 0 Å². The van der Waals surface area contributed by atoms with Crippen molar-refractivity contribution in [3.8, 4) is 44.5 Å². The quantitative estimate of drug-likeness (QED) is 0.159. The van der Waals surface area contributed by atoms with Gasteiger partial charge in [0.05, 0.1) is 0 Å². The molecule has 0 saturated heterocycles. The van der Waals surface area contributed by atoms with Crippen molar-refractivity contribution in [3.05, 3.63) is 192 Å². The smallest absolute Gasteiger partial charge is 0.136 e. The normalized spacial score (nSPS) is 14.8. The first-order valence-electron chi connectivity index (χ1n) is 21.7. The summed E-state index contributed by atoms with van der Waals surface area (Å²) >= 11 is 0. The summed E-state index contributed by atoms with van der Waals surface area (Å²) in [6.45, 7) is 9.46. The Hall–Kier alpha value is -7.22. The van der Waals surface area contributed by atoms with Gasteiger partial charge in [0.2, 0.25) is 0 Å². The molecule has 0 radical (unpaired) electrons. The van der Waals surface area contributed by atoms with Crippen molar-refractivity contribution in [3.63, 3.8) is 0 Å². The average Bonchev–Trinajstić information content (AvgIpc) is 3.86. The monoisotopic (exact) mass is 776 g/mol. The molecule has 286 valence electrons. The molecule has 0 N–H and O–H groups in total. The third-order valence-electron chi connectivity index (χ3n) is 15.0. The van der Waals surface area contributed by atoms with E-state index in [4.69, 9.17) is 4.42 Å². The van der Waals surface area contributed by atoms with Crippen LogP contribution >= 0.6 is 0 Å². The second-order valence-electron chi connectivity index (χ2n) is 18.8. The minimum absolute atomic E-state index is 0.0580. The van der Waals surface area contributed by atoms with E-state index in [0.717, 1.165) is 16.6 Å². The number of rotatable bonds is 2. The molecule has 1 nitrogen and oxygen atoms in total. The van der Waals surface area contributed by atoms with E-state index < -0.39 is 0 Å². The van der Waals surface area contributed by atoms with E-state index in [2.05, 4.69) is 198 Å². The Bertz CT molecular complexity index is 3930. The Morgan fingerprint density at radius 3 is 1.52 bits per heavy atom. The first kappa shape index (κ1) is 33.6. The third kappa shape index (κ3) is 4.26. The highest BCUT2D eigenvalue weighted by Crippen LogP contribution is 2.54. The summed E-state index contributed by atoms with van der Waals surface area (Å²) in [5, 5.41) is 15.2. The van der Waals surface area contributed by atoms with Gasteiger partial charge >= 0.3 is 0 Å². The van der Waals surface area contributed by atoms with E-state index in [1.54, 1.807) is 0 Å². The summed E-state index contributed by atoms with van der Waals surface area (Å²) in [5.74, 6) is 0. The fraction of sp³-hybridized carbons (Fsp3) is 0.100. The molecular formula is C60H40O. The van der Waals surface area contributed by atoms with Crippen LogP contribution < -0.4 is 0 Å². The first-order valence-corrected chi connectivity index (χ1v) is 21.7. The van der Waals surface area contributed by atoms with Gasteiger partial charge in [-0.25, -0.2) is 0 Å². The van der Waals surface area contributed by atoms with Crippen molar-refractivity contribution in [2.75, 3.05) is 0 Å². The van der Waals surface area contributed by atoms with Crippen LogP contribution in [0.3, 0.4) is 0 Å². The molecule has 2 aliphatic carbocycles. The number of hydrogen-bond donors (Lipinski definition) is 0. The fourth-order valence-electron chi connectivity index (χ4n) is 12.0. The zero-order valence-electron chi connectivity index (χ0n) is 34.6. The fourth-order valence-corrected chi connectivity index (χ4v) is 12.0. The highest BCUT2D eigenvalue weighted by molar-refractivity contribution is 6.33. The molecule has 0 saturated carbocycles. The Morgan fingerprint density at radius 2 is 0.820 bits per heavy atom. The topological polar surface area (TPSA) is 13.1 Å². The molecule has 0 unspecified atom stereocenters. The van der Waals surface area contributed by atoms with Gasteiger partial charge in [-0.05, 0) is 151 Å². The van der Waals surface area contributed by atoms with Gasteiger partial charge in [-0.2, -0.15) is 0 Å². The van der Waals surface area contributed by atoms with Crippen molar-refractivity contribution in [1.82, 2.24) is 0 Å². The van der Waals surface area contributed by atoms with Crippen molar-refractivity contribution in [2.24, 2.45) is 0 Å². The molecule has 0 fully saturated rings. The van der Waals surface area contributed by atoms with Crippen molar-refractivity contribution >= 4 is 75.8 Å². The molecular weight excluding hydrogens is 737 g/mol. The van der Waals surface area contributed by atoms with Crippen LogP contribution in [0.25, 0.3) is 120 Å². The highest BCUT2D eigenvalue weighted by atomic mass is 16.3. The van der Waals surface area contributed by atoms with Crippen LogP contribution in [0.5, 0.6) is 0 Å². The van der Waals surface area contributed by atoms with Crippen molar-refractivity contribution in [2.45, 2.75) is 38.5 Å². The molecule has 0 amide bonds. The van der Waals surface area contributed by atoms with Crippen LogP contribution in [0.4, 0.5) is 0 Å². The maximum Gasteiger partial charge on any atom is 0.136 e. The second-order valence-corrected chi connectivity index (χ2v) is 18.8. The van der Waals surface area contributed by atoms with Gasteiger partial charge in [0.1, 0.15) is 11.2 Å².